The fourth-order valence-electron chi connectivity index (χ4n) is 3.13. The van der Waals surface area contributed by atoms with Gasteiger partial charge >= 0.3 is 6.03 Å². The van der Waals surface area contributed by atoms with E-state index in [-0.39, 0.29) is 24.6 Å². The number of carbonyl (C=O) groups is 1. The standard InChI is InChI=1S/C19H31N3O2/c1-4-18(11-20-19(24)21-15(3)14(2)13-23)22-10-9-16-7-5-6-8-17(16)12-22/h5-8,14-15,18,23H,4,9-13H2,1-3H3,(H2,20,21,24). The summed E-state index contributed by atoms with van der Waals surface area (Å²) in [5.41, 5.74) is 2.85. The Hall–Kier alpha value is -1.59. The Kier molecular flexibility index (Phi) is 7.06. The smallest absolute Gasteiger partial charge is 0.315 e. The van der Waals surface area contributed by atoms with Crippen LogP contribution in [0.15, 0.2) is 24.3 Å². The maximum absolute atomic E-state index is 12.1. The van der Waals surface area contributed by atoms with Crippen LogP contribution in [0.5, 0.6) is 0 Å². The van der Waals surface area contributed by atoms with Crippen LogP contribution in [0.3, 0.4) is 0 Å². The number of urea groups is 1. The molecule has 5 heteroatoms. The summed E-state index contributed by atoms with van der Waals surface area (Å²) in [4.78, 5) is 14.5. The van der Waals surface area contributed by atoms with Gasteiger partial charge in [0.1, 0.15) is 0 Å². The van der Waals surface area contributed by atoms with Crippen LogP contribution in [-0.4, -0.2) is 47.8 Å². The minimum Gasteiger partial charge on any atom is -0.396 e. The number of aliphatic hydroxyl groups excluding tert-OH is 1. The third-order valence-corrected chi connectivity index (χ3v) is 5.15. The van der Waals surface area contributed by atoms with Crippen LogP contribution in [0.25, 0.3) is 0 Å². The monoisotopic (exact) mass is 333 g/mol. The van der Waals surface area contributed by atoms with E-state index in [1.807, 2.05) is 13.8 Å². The molecule has 0 saturated carbocycles. The number of hydrogen-bond donors (Lipinski definition) is 3. The highest BCUT2D eigenvalue weighted by atomic mass is 16.3. The molecule has 1 aromatic carbocycles. The van der Waals surface area contributed by atoms with Gasteiger partial charge in [-0.1, -0.05) is 38.1 Å². The van der Waals surface area contributed by atoms with Gasteiger partial charge in [0.2, 0.25) is 0 Å². The summed E-state index contributed by atoms with van der Waals surface area (Å²) < 4.78 is 0. The van der Waals surface area contributed by atoms with Gasteiger partial charge in [-0.15, -0.1) is 0 Å². The number of nitrogens with one attached hydrogen (secondary N) is 2. The molecule has 0 aliphatic carbocycles. The summed E-state index contributed by atoms with van der Waals surface area (Å²) in [5, 5.41) is 15.0. The molecule has 5 nitrogen and oxygen atoms in total. The zero-order valence-electron chi connectivity index (χ0n) is 15.1. The molecule has 0 aromatic heterocycles. The maximum atomic E-state index is 12.1. The van der Waals surface area contributed by atoms with Gasteiger partial charge < -0.3 is 15.7 Å². The number of amides is 2. The van der Waals surface area contributed by atoms with Gasteiger partial charge in [-0.3, -0.25) is 4.90 Å². The zero-order valence-corrected chi connectivity index (χ0v) is 15.1. The number of hydrogen-bond acceptors (Lipinski definition) is 3. The van der Waals surface area contributed by atoms with Crippen LogP contribution in [0, 0.1) is 5.92 Å². The molecular weight excluding hydrogens is 302 g/mol. The van der Waals surface area contributed by atoms with E-state index < -0.39 is 0 Å². The van der Waals surface area contributed by atoms with Crippen molar-refractivity contribution in [2.75, 3.05) is 19.7 Å². The Labute approximate surface area is 145 Å². The fourth-order valence-corrected chi connectivity index (χ4v) is 3.13. The van der Waals surface area contributed by atoms with Gasteiger partial charge in [0.05, 0.1) is 0 Å². The predicted octanol–water partition coefficient (Wildman–Crippen LogP) is 2.14. The first-order chi connectivity index (χ1) is 11.5. The molecule has 3 unspecified atom stereocenters. The predicted molar refractivity (Wildman–Crippen MR) is 96.9 cm³/mol. The van der Waals surface area contributed by atoms with Crippen molar-refractivity contribution in [3.05, 3.63) is 35.4 Å². The van der Waals surface area contributed by atoms with E-state index in [2.05, 4.69) is 46.7 Å². The van der Waals surface area contributed by atoms with Gasteiger partial charge in [0.15, 0.2) is 0 Å². The van der Waals surface area contributed by atoms with Crippen molar-refractivity contribution in [1.82, 2.24) is 15.5 Å². The molecule has 134 valence electrons. The molecule has 0 bridgehead atoms. The van der Waals surface area contributed by atoms with E-state index in [1.165, 1.54) is 11.1 Å². The number of benzene rings is 1. The Bertz CT molecular complexity index is 535. The third kappa shape index (κ3) is 4.95. The Balaban J connectivity index is 1.83. The second-order valence-electron chi connectivity index (χ2n) is 6.85. The molecule has 0 saturated heterocycles. The molecule has 24 heavy (non-hydrogen) atoms. The van der Waals surface area contributed by atoms with Crippen LogP contribution in [0.2, 0.25) is 0 Å². The highest BCUT2D eigenvalue weighted by molar-refractivity contribution is 5.74. The molecule has 3 atom stereocenters. The van der Waals surface area contributed by atoms with Gasteiger partial charge in [0, 0.05) is 38.3 Å². The molecule has 0 spiro atoms. The van der Waals surface area contributed by atoms with Crippen LogP contribution in [0.1, 0.15) is 38.3 Å². The van der Waals surface area contributed by atoms with Gasteiger partial charge in [-0.2, -0.15) is 0 Å². The number of fused-ring (bicyclic) bond motifs is 1. The number of aliphatic hydroxyl groups is 1. The Morgan fingerprint density at radius 2 is 2.00 bits per heavy atom. The van der Waals surface area contributed by atoms with E-state index in [1.54, 1.807) is 0 Å². The number of carbonyl (C=O) groups excluding carboxylic acids is 1. The second kappa shape index (κ2) is 9.04. The summed E-state index contributed by atoms with van der Waals surface area (Å²) in [5.74, 6) is 0.0521. The first-order valence-electron chi connectivity index (χ1n) is 9.01. The lowest BCUT2D eigenvalue weighted by atomic mass is 9.98. The van der Waals surface area contributed by atoms with Crippen LogP contribution < -0.4 is 10.6 Å². The van der Waals surface area contributed by atoms with Crippen LogP contribution in [0.4, 0.5) is 4.79 Å². The summed E-state index contributed by atoms with van der Waals surface area (Å²) in [6.45, 7) is 8.72. The Morgan fingerprint density at radius 1 is 1.29 bits per heavy atom. The topological polar surface area (TPSA) is 64.6 Å². The van der Waals surface area contributed by atoms with E-state index in [0.717, 1.165) is 25.9 Å². The van der Waals surface area contributed by atoms with Crippen molar-refractivity contribution in [3.8, 4) is 0 Å². The minimum absolute atomic E-state index is 0.0445. The van der Waals surface area contributed by atoms with Crippen molar-refractivity contribution < 1.29 is 9.90 Å². The molecule has 1 aliphatic rings. The fraction of sp³-hybridized carbons (Fsp3) is 0.632. The summed E-state index contributed by atoms with van der Waals surface area (Å²) in [6.07, 6.45) is 2.08. The minimum atomic E-state index is -0.154. The van der Waals surface area contributed by atoms with Crippen molar-refractivity contribution >= 4 is 6.03 Å². The quantitative estimate of drug-likeness (QED) is 0.716. The maximum Gasteiger partial charge on any atom is 0.315 e. The van der Waals surface area contributed by atoms with Crippen molar-refractivity contribution in [3.63, 3.8) is 0 Å². The molecule has 3 N–H and O–H groups in total. The molecule has 0 fully saturated rings. The van der Waals surface area contributed by atoms with E-state index in [4.69, 9.17) is 5.11 Å². The third-order valence-electron chi connectivity index (χ3n) is 5.15. The van der Waals surface area contributed by atoms with E-state index in [0.29, 0.717) is 12.6 Å². The van der Waals surface area contributed by atoms with Gasteiger partial charge in [0.25, 0.3) is 0 Å². The van der Waals surface area contributed by atoms with Crippen LogP contribution >= 0.6 is 0 Å². The van der Waals surface area contributed by atoms with Gasteiger partial charge in [-0.25, -0.2) is 4.79 Å². The van der Waals surface area contributed by atoms with Gasteiger partial charge in [-0.05, 0) is 36.8 Å². The van der Waals surface area contributed by atoms with Crippen molar-refractivity contribution in [2.45, 2.75) is 52.2 Å². The molecule has 1 heterocycles. The van der Waals surface area contributed by atoms with Crippen molar-refractivity contribution in [1.29, 1.82) is 0 Å². The lowest BCUT2D eigenvalue weighted by Gasteiger charge is -2.35. The summed E-state index contributed by atoms with van der Waals surface area (Å²) in [7, 11) is 0. The molecule has 1 aliphatic heterocycles. The molecule has 1 aromatic rings. The summed E-state index contributed by atoms with van der Waals surface area (Å²) in [6, 6.07) is 8.76. The first kappa shape index (κ1) is 18.7. The summed E-state index contributed by atoms with van der Waals surface area (Å²) >= 11 is 0. The average molecular weight is 333 g/mol. The normalized spacial score (nSPS) is 18.3. The van der Waals surface area contributed by atoms with E-state index >= 15 is 0 Å². The molecule has 2 amide bonds. The lowest BCUT2D eigenvalue weighted by molar-refractivity contribution is 0.167. The number of nitrogens with zero attached hydrogens (tertiary/aromatic N) is 1. The lowest BCUT2D eigenvalue weighted by Crippen LogP contribution is -2.50. The molecule has 2 rings (SSSR count). The first-order valence-corrected chi connectivity index (χ1v) is 9.01. The highest BCUT2D eigenvalue weighted by Gasteiger charge is 2.23. The largest absolute Gasteiger partial charge is 0.396 e. The highest BCUT2D eigenvalue weighted by Crippen LogP contribution is 2.21. The van der Waals surface area contributed by atoms with Crippen molar-refractivity contribution in [2.24, 2.45) is 5.92 Å². The van der Waals surface area contributed by atoms with E-state index in [9.17, 15) is 4.79 Å². The Morgan fingerprint density at radius 3 is 2.67 bits per heavy atom. The van der Waals surface area contributed by atoms with Crippen LogP contribution in [-0.2, 0) is 13.0 Å². The molecule has 0 radical (unpaired) electrons. The number of rotatable bonds is 7. The average Bonchev–Trinajstić information content (AvgIpc) is 2.61. The second-order valence-corrected chi connectivity index (χ2v) is 6.85. The SMILES string of the molecule is CCC(CNC(=O)NC(C)C(C)CO)N1CCc2ccccc2C1. The molecular formula is C19H31N3O2. The zero-order chi connectivity index (χ0) is 17.5.